The van der Waals surface area contributed by atoms with Gasteiger partial charge in [0.2, 0.25) is 0 Å². The number of methoxy groups -OCH3 is 1. The van der Waals surface area contributed by atoms with E-state index in [0.29, 0.717) is 0 Å². The number of thiazole rings is 1. The fraction of sp³-hybridized carbons (Fsp3) is 0.407. The first-order valence-corrected chi connectivity index (χ1v) is 13.0. The van der Waals surface area contributed by atoms with Crippen LogP contribution in [0.25, 0.3) is 10.6 Å². The summed E-state index contributed by atoms with van der Waals surface area (Å²) in [5.74, 6) is 1.00. The Kier molecular flexibility index (Phi) is 7.23. The minimum atomic E-state index is 0.151. The van der Waals surface area contributed by atoms with Crippen LogP contribution in [-0.4, -0.2) is 72.0 Å². The number of benzene rings is 2. The van der Waals surface area contributed by atoms with Gasteiger partial charge in [0.25, 0.3) is 5.91 Å². The van der Waals surface area contributed by atoms with E-state index in [2.05, 4.69) is 27.3 Å². The predicted molar refractivity (Wildman–Crippen MR) is 136 cm³/mol. The smallest absolute Gasteiger partial charge is 0.253 e. The maximum Gasteiger partial charge on any atom is 0.253 e. The van der Waals surface area contributed by atoms with Crippen molar-refractivity contribution in [2.75, 3.05) is 46.4 Å². The van der Waals surface area contributed by atoms with Crippen molar-refractivity contribution in [1.82, 2.24) is 19.7 Å². The second-order valence-corrected chi connectivity index (χ2v) is 9.98. The van der Waals surface area contributed by atoms with Crippen LogP contribution in [0.3, 0.4) is 0 Å². The summed E-state index contributed by atoms with van der Waals surface area (Å²) >= 11 is 1.67. The number of amides is 1. The lowest BCUT2D eigenvalue weighted by atomic mass is 10.1. The number of carbonyl (C=O) groups excluding carboxylic acids is 1. The van der Waals surface area contributed by atoms with Crippen LogP contribution >= 0.6 is 11.3 Å². The zero-order chi connectivity index (χ0) is 23.3. The molecule has 2 aliphatic rings. The van der Waals surface area contributed by atoms with E-state index < -0.39 is 0 Å². The van der Waals surface area contributed by atoms with Gasteiger partial charge >= 0.3 is 0 Å². The number of nitrogens with zero attached hydrogens (tertiary/aromatic N) is 4. The summed E-state index contributed by atoms with van der Waals surface area (Å²) in [6.07, 6.45) is 2.57. The van der Waals surface area contributed by atoms with Crippen LogP contribution in [-0.2, 0) is 13.1 Å². The molecule has 1 aromatic heterocycles. The highest BCUT2D eigenvalue weighted by Crippen LogP contribution is 2.26. The zero-order valence-corrected chi connectivity index (χ0v) is 20.6. The van der Waals surface area contributed by atoms with E-state index in [4.69, 9.17) is 9.72 Å². The van der Waals surface area contributed by atoms with Crippen molar-refractivity contribution >= 4 is 17.2 Å². The van der Waals surface area contributed by atoms with Gasteiger partial charge in [0, 0.05) is 55.8 Å². The van der Waals surface area contributed by atoms with E-state index in [1.54, 1.807) is 18.4 Å². The van der Waals surface area contributed by atoms with Gasteiger partial charge in [-0.05, 0) is 67.9 Å². The highest BCUT2D eigenvalue weighted by molar-refractivity contribution is 7.13. The lowest BCUT2D eigenvalue weighted by Crippen LogP contribution is -2.48. The Labute approximate surface area is 205 Å². The molecule has 0 bridgehead atoms. The molecular formula is C27H32N4O2S. The Hall–Kier alpha value is -2.74. The van der Waals surface area contributed by atoms with Gasteiger partial charge < -0.3 is 9.64 Å². The molecule has 2 aromatic carbocycles. The quantitative estimate of drug-likeness (QED) is 0.507. The van der Waals surface area contributed by atoms with Crippen molar-refractivity contribution in [3.63, 3.8) is 0 Å². The van der Waals surface area contributed by atoms with Crippen LogP contribution in [0.5, 0.6) is 5.75 Å². The third-order valence-electron chi connectivity index (χ3n) is 6.71. The molecule has 0 unspecified atom stereocenters. The number of ether oxygens (including phenoxy) is 1. The molecule has 0 radical (unpaired) electrons. The van der Waals surface area contributed by atoms with Gasteiger partial charge in [-0.15, -0.1) is 11.3 Å². The molecule has 2 saturated heterocycles. The maximum absolute atomic E-state index is 13.1. The van der Waals surface area contributed by atoms with Crippen LogP contribution in [0.2, 0.25) is 0 Å². The predicted octanol–water partition coefficient (Wildman–Crippen LogP) is 4.37. The number of rotatable bonds is 7. The summed E-state index contributed by atoms with van der Waals surface area (Å²) in [6.45, 7) is 7.35. The summed E-state index contributed by atoms with van der Waals surface area (Å²) in [4.78, 5) is 24.8. The molecule has 0 atom stereocenters. The Balaban J connectivity index is 1.14. The minimum absolute atomic E-state index is 0.151. The number of hydrogen-bond donors (Lipinski definition) is 0. The lowest BCUT2D eigenvalue weighted by Gasteiger charge is -2.34. The van der Waals surface area contributed by atoms with Gasteiger partial charge in [0.1, 0.15) is 10.8 Å². The van der Waals surface area contributed by atoms with Crippen molar-refractivity contribution in [1.29, 1.82) is 0 Å². The molecule has 5 rings (SSSR count). The second-order valence-electron chi connectivity index (χ2n) is 9.12. The SMILES string of the molecule is COc1ccc(-c2nc(CN3CCN(C(=O)c4cccc(CN5CCCC5)c4)CC3)cs2)cc1. The third kappa shape index (κ3) is 5.49. The molecule has 0 aliphatic carbocycles. The molecule has 3 heterocycles. The van der Waals surface area contributed by atoms with Gasteiger partial charge in [-0.2, -0.15) is 0 Å². The van der Waals surface area contributed by atoms with Crippen molar-refractivity contribution in [2.45, 2.75) is 25.9 Å². The number of likely N-dealkylation sites (tertiary alicyclic amines) is 1. The average Bonchev–Trinajstić information content (AvgIpc) is 3.57. The topological polar surface area (TPSA) is 48.9 Å². The molecule has 178 valence electrons. The third-order valence-corrected chi connectivity index (χ3v) is 7.65. The largest absolute Gasteiger partial charge is 0.497 e. The van der Waals surface area contributed by atoms with Gasteiger partial charge in [0.05, 0.1) is 12.8 Å². The molecule has 0 spiro atoms. The van der Waals surface area contributed by atoms with Gasteiger partial charge in [-0.3, -0.25) is 14.6 Å². The van der Waals surface area contributed by atoms with E-state index in [9.17, 15) is 4.79 Å². The number of carbonyl (C=O) groups is 1. The normalized spacial score (nSPS) is 17.3. The highest BCUT2D eigenvalue weighted by Gasteiger charge is 2.23. The van der Waals surface area contributed by atoms with Gasteiger partial charge in [-0.1, -0.05) is 12.1 Å². The summed E-state index contributed by atoms with van der Waals surface area (Å²) in [5, 5.41) is 3.17. The first-order valence-electron chi connectivity index (χ1n) is 12.1. The molecule has 6 nitrogen and oxygen atoms in total. The Morgan fingerprint density at radius 3 is 2.41 bits per heavy atom. The summed E-state index contributed by atoms with van der Waals surface area (Å²) in [5.41, 5.74) is 4.25. The first kappa shape index (κ1) is 23.0. The van der Waals surface area contributed by atoms with Crippen molar-refractivity contribution < 1.29 is 9.53 Å². The van der Waals surface area contributed by atoms with E-state index in [0.717, 1.165) is 66.8 Å². The zero-order valence-electron chi connectivity index (χ0n) is 19.8. The van der Waals surface area contributed by atoms with Crippen LogP contribution in [0.15, 0.2) is 53.9 Å². The van der Waals surface area contributed by atoms with E-state index in [-0.39, 0.29) is 5.91 Å². The average molecular weight is 477 g/mol. The Bertz CT molecular complexity index is 1100. The number of hydrogen-bond acceptors (Lipinski definition) is 6. The minimum Gasteiger partial charge on any atom is -0.497 e. The van der Waals surface area contributed by atoms with Gasteiger partial charge in [-0.25, -0.2) is 4.98 Å². The Morgan fingerprint density at radius 1 is 0.941 bits per heavy atom. The number of piperazine rings is 1. The molecule has 2 aliphatic heterocycles. The van der Waals surface area contributed by atoms with Crippen molar-refractivity contribution in [2.24, 2.45) is 0 Å². The maximum atomic E-state index is 13.1. The fourth-order valence-electron chi connectivity index (χ4n) is 4.77. The molecule has 1 amide bonds. The van der Waals surface area contributed by atoms with Crippen LogP contribution in [0.4, 0.5) is 0 Å². The second kappa shape index (κ2) is 10.7. The summed E-state index contributed by atoms with van der Waals surface area (Å²) < 4.78 is 5.24. The molecule has 0 saturated carbocycles. The standard InChI is InChI=1S/C27H32N4O2S/c1-33-25-9-7-22(8-10-25)26-28-24(20-34-26)19-30-13-15-31(16-14-30)27(32)23-6-4-5-21(17-23)18-29-11-2-3-12-29/h4-10,17,20H,2-3,11-16,18-19H2,1H3. The molecular weight excluding hydrogens is 444 g/mol. The lowest BCUT2D eigenvalue weighted by molar-refractivity contribution is 0.0627. The number of aromatic nitrogens is 1. The van der Waals surface area contributed by atoms with Crippen LogP contribution in [0.1, 0.15) is 34.5 Å². The van der Waals surface area contributed by atoms with Crippen LogP contribution in [0, 0.1) is 0 Å². The van der Waals surface area contributed by atoms with Crippen LogP contribution < -0.4 is 4.74 Å². The summed E-state index contributed by atoms with van der Waals surface area (Å²) in [6, 6.07) is 16.2. The molecule has 0 N–H and O–H groups in total. The molecule has 2 fully saturated rings. The van der Waals surface area contributed by atoms with Crippen molar-refractivity contribution in [3.8, 4) is 16.3 Å². The van der Waals surface area contributed by atoms with Crippen molar-refractivity contribution in [3.05, 3.63) is 70.7 Å². The fourth-order valence-corrected chi connectivity index (χ4v) is 5.59. The van der Waals surface area contributed by atoms with E-state index >= 15 is 0 Å². The molecule has 7 heteroatoms. The first-order chi connectivity index (χ1) is 16.7. The van der Waals surface area contributed by atoms with E-state index in [1.165, 1.54) is 31.5 Å². The summed E-state index contributed by atoms with van der Waals surface area (Å²) in [7, 11) is 1.68. The monoisotopic (exact) mass is 476 g/mol. The van der Waals surface area contributed by atoms with Gasteiger partial charge in [0.15, 0.2) is 0 Å². The molecule has 34 heavy (non-hydrogen) atoms. The van der Waals surface area contributed by atoms with E-state index in [1.807, 2.05) is 41.3 Å². The Morgan fingerprint density at radius 2 is 1.68 bits per heavy atom. The molecule has 3 aromatic rings. The highest BCUT2D eigenvalue weighted by atomic mass is 32.1.